The molecule has 0 aliphatic rings. The summed E-state index contributed by atoms with van der Waals surface area (Å²) in [7, 11) is 0. The van der Waals surface area contributed by atoms with Gasteiger partial charge in [-0.2, -0.15) is 0 Å². The van der Waals surface area contributed by atoms with Crippen LogP contribution in [0.3, 0.4) is 0 Å². The van der Waals surface area contributed by atoms with Crippen LogP contribution >= 0.6 is 23.1 Å². The van der Waals surface area contributed by atoms with Gasteiger partial charge in [-0.3, -0.25) is 14.2 Å². The van der Waals surface area contributed by atoms with Crippen LogP contribution in [0.4, 0.5) is 5.69 Å². The van der Waals surface area contributed by atoms with E-state index in [1.165, 1.54) is 23.6 Å². The standard InChI is InChI=1S/C21H24N4O2S2/c1-5-18-10-16(11-28-18)20-23-24-21(25(20)13(2)3)29-12-19(27)22-17-8-6-15(7-9-17)14(4)26/h6-11,13H,5,12H2,1-4H3,(H,22,27). The number of amides is 1. The van der Waals surface area contributed by atoms with Gasteiger partial charge in [0.1, 0.15) is 0 Å². The molecule has 0 fully saturated rings. The number of ketones is 1. The van der Waals surface area contributed by atoms with Gasteiger partial charge in [-0.1, -0.05) is 18.7 Å². The van der Waals surface area contributed by atoms with Gasteiger partial charge in [0.25, 0.3) is 0 Å². The van der Waals surface area contributed by atoms with Gasteiger partial charge in [0.05, 0.1) is 5.75 Å². The molecule has 0 unspecified atom stereocenters. The van der Waals surface area contributed by atoms with Crippen molar-refractivity contribution in [2.75, 3.05) is 11.1 Å². The lowest BCUT2D eigenvalue weighted by molar-refractivity contribution is -0.113. The number of nitrogens with zero attached hydrogens (tertiary/aromatic N) is 3. The van der Waals surface area contributed by atoms with Crippen LogP contribution in [0.1, 0.15) is 49.0 Å². The van der Waals surface area contributed by atoms with Crippen LogP contribution in [-0.4, -0.2) is 32.2 Å². The van der Waals surface area contributed by atoms with Crippen molar-refractivity contribution in [2.24, 2.45) is 0 Å². The molecule has 152 valence electrons. The highest BCUT2D eigenvalue weighted by Gasteiger charge is 2.18. The molecule has 29 heavy (non-hydrogen) atoms. The van der Waals surface area contributed by atoms with Crippen molar-refractivity contribution in [2.45, 2.75) is 45.3 Å². The van der Waals surface area contributed by atoms with E-state index >= 15 is 0 Å². The molecule has 0 bridgehead atoms. The fourth-order valence-electron chi connectivity index (χ4n) is 2.84. The zero-order valence-electron chi connectivity index (χ0n) is 16.9. The highest BCUT2D eigenvalue weighted by atomic mass is 32.2. The first-order valence-electron chi connectivity index (χ1n) is 9.45. The van der Waals surface area contributed by atoms with Crippen molar-refractivity contribution in [3.05, 3.63) is 46.2 Å². The van der Waals surface area contributed by atoms with Gasteiger partial charge in [-0.15, -0.1) is 21.5 Å². The van der Waals surface area contributed by atoms with E-state index < -0.39 is 0 Å². The molecule has 0 saturated heterocycles. The number of rotatable bonds is 8. The summed E-state index contributed by atoms with van der Waals surface area (Å²) >= 11 is 3.09. The van der Waals surface area contributed by atoms with Crippen molar-refractivity contribution in [3.8, 4) is 11.4 Å². The number of nitrogens with one attached hydrogen (secondary N) is 1. The summed E-state index contributed by atoms with van der Waals surface area (Å²) in [5.74, 6) is 0.926. The predicted octanol–water partition coefficient (Wildman–Crippen LogP) is 5.08. The van der Waals surface area contributed by atoms with Gasteiger partial charge >= 0.3 is 0 Å². The van der Waals surface area contributed by atoms with E-state index in [4.69, 9.17) is 0 Å². The van der Waals surface area contributed by atoms with E-state index in [-0.39, 0.29) is 23.5 Å². The second-order valence-corrected chi connectivity index (χ2v) is 8.83. The second kappa shape index (κ2) is 9.37. The lowest BCUT2D eigenvalue weighted by Gasteiger charge is -2.13. The molecule has 2 aromatic heterocycles. The number of carbonyl (C=O) groups is 2. The fraction of sp³-hybridized carbons (Fsp3) is 0.333. The Morgan fingerprint density at radius 2 is 1.93 bits per heavy atom. The van der Waals surface area contributed by atoms with Crippen LogP contribution in [0.15, 0.2) is 40.9 Å². The molecular weight excluding hydrogens is 404 g/mol. The van der Waals surface area contributed by atoms with E-state index in [2.05, 4.69) is 52.3 Å². The minimum Gasteiger partial charge on any atom is -0.325 e. The Bertz CT molecular complexity index is 1010. The Kier molecular flexibility index (Phi) is 6.87. The monoisotopic (exact) mass is 428 g/mol. The summed E-state index contributed by atoms with van der Waals surface area (Å²) in [5, 5.41) is 14.4. The third-order valence-electron chi connectivity index (χ3n) is 4.35. The highest BCUT2D eigenvalue weighted by Crippen LogP contribution is 2.30. The number of Topliss-reactive ketones (excluding diaryl/α,β-unsaturated/α-hetero) is 1. The van der Waals surface area contributed by atoms with E-state index in [0.717, 1.165) is 23.0 Å². The SMILES string of the molecule is CCc1cc(-c2nnc(SCC(=O)Nc3ccc(C(C)=O)cc3)n2C(C)C)cs1. The Morgan fingerprint density at radius 3 is 2.52 bits per heavy atom. The number of aryl methyl sites for hydroxylation is 1. The molecular formula is C21H24N4O2S2. The van der Waals surface area contributed by atoms with Crippen LogP contribution in [-0.2, 0) is 11.2 Å². The molecule has 0 spiro atoms. The van der Waals surface area contributed by atoms with Crippen molar-refractivity contribution >= 4 is 40.5 Å². The summed E-state index contributed by atoms with van der Waals surface area (Å²) in [5.41, 5.74) is 2.35. The Hall–Kier alpha value is -2.45. The molecule has 1 aromatic carbocycles. The van der Waals surface area contributed by atoms with Crippen LogP contribution in [0, 0.1) is 0 Å². The summed E-state index contributed by atoms with van der Waals surface area (Å²) in [6, 6.07) is 9.20. The van der Waals surface area contributed by atoms with Gasteiger partial charge < -0.3 is 5.32 Å². The van der Waals surface area contributed by atoms with E-state index in [9.17, 15) is 9.59 Å². The molecule has 0 atom stereocenters. The third kappa shape index (κ3) is 5.13. The Labute approximate surface area is 178 Å². The summed E-state index contributed by atoms with van der Waals surface area (Å²) in [6.45, 7) is 7.82. The number of thiophene rings is 1. The number of aromatic nitrogens is 3. The van der Waals surface area contributed by atoms with Gasteiger partial charge in [-0.25, -0.2) is 0 Å². The Morgan fingerprint density at radius 1 is 1.21 bits per heavy atom. The molecule has 0 aliphatic heterocycles. The maximum Gasteiger partial charge on any atom is 0.234 e. The number of thioether (sulfide) groups is 1. The molecule has 3 rings (SSSR count). The Balaban J connectivity index is 1.68. The fourth-order valence-corrected chi connectivity index (χ4v) is 4.52. The number of carbonyl (C=O) groups excluding carboxylic acids is 2. The van der Waals surface area contributed by atoms with Crippen molar-refractivity contribution < 1.29 is 9.59 Å². The molecule has 1 amide bonds. The van der Waals surface area contributed by atoms with Crippen LogP contribution in [0.2, 0.25) is 0 Å². The second-order valence-electron chi connectivity index (χ2n) is 6.90. The maximum absolute atomic E-state index is 12.4. The molecule has 2 heterocycles. The smallest absolute Gasteiger partial charge is 0.234 e. The first-order valence-corrected chi connectivity index (χ1v) is 11.3. The summed E-state index contributed by atoms with van der Waals surface area (Å²) in [6.07, 6.45) is 0.996. The number of benzene rings is 1. The average Bonchev–Trinajstić information content (AvgIpc) is 3.33. The lowest BCUT2D eigenvalue weighted by Crippen LogP contribution is -2.15. The van der Waals surface area contributed by atoms with E-state index in [0.29, 0.717) is 11.3 Å². The molecule has 0 radical (unpaired) electrons. The number of anilines is 1. The molecule has 0 saturated carbocycles. The lowest BCUT2D eigenvalue weighted by atomic mass is 10.1. The predicted molar refractivity (Wildman–Crippen MR) is 119 cm³/mol. The van der Waals surface area contributed by atoms with Crippen LogP contribution in [0.25, 0.3) is 11.4 Å². The largest absolute Gasteiger partial charge is 0.325 e. The van der Waals surface area contributed by atoms with Gasteiger partial charge in [0.2, 0.25) is 5.91 Å². The molecule has 3 aromatic rings. The minimum absolute atomic E-state index is 0.000983. The summed E-state index contributed by atoms with van der Waals surface area (Å²) < 4.78 is 2.07. The van der Waals surface area contributed by atoms with Gasteiger partial charge in [0, 0.05) is 33.1 Å². The van der Waals surface area contributed by atoms with Gasteiger partial charge in [0.15, 0.2) is 16.8 Å². The van der Waals surface area contributed by atoms with Crippen LogP contribution in [0.5, 0.6) is 0 Å². The average molecular weight is 429 g/mol. The first-order chi connectivity index (χ1) is 13.9. The molecule has 8 heteroatoms. The first kappa shape index (κ1) is 21.3. The molecule has 1 N–H and O–H groups in total. The van der Waals surface area contributed by atoms with Crippen molar-refractivity contribution in [1.29, 1.82) is 0 Å². The van der Waals surface area contributed by atoms with Crippen LogP contribution < -0.4 is 5.32 Å². The number of hydrogen-bond donors (Lipinski definition) is 1. The summed E-state index contributed by atoms with van der Waals surface area (Å²) in [4.78, 5) is 25.0. The third-order valence-corrected chi connectivity index (χ3v) is 6.37. The zero-order chi connectivity index (χ0) is 21.0. The quantitative estimate of drug-likeness (QED) is 0.400. The van der Waals surface area contributed by atoms with Crippen molar-refractivity contribution in [3.63, 3.8) is 0 Å². The zero-order valence-corrected chi connectivity index (χ0v) is 18.6. The molecule has 0 aliphatic carbocycles. The van der Waals surface area contributed by atoms with Gasteiger partial charge in [-0.05, 0) is 57.5 Å². The molecule has 6 nitrogen and oxygen atoms in total. The van der Waals surface area contributed by atoms with E-state index in [1.54, 1.807) is 35.6 Å². The van der Waals surface area contributed by atoms with E-state index in [1.807, 2.05) is 0 Å². The minimum atomic E-state index is -0.130. The number of hydrogen-bond acceptors (Lipinski definition) is 6. The topological polar surface area (TPSA) is 76.9 Å². The normalized spacial score (nSPS) is 11.1. The maximum atomic E-state index is 12.4. The van der Waals surface area contributed by atoms with Crippen molar-refractivity contribution in [1.82, 2.24) is 14.8 Å². The highest BCUT2D eigenvalue weighted by molar-refractivity contribution is 7.99.